The molecule has 2 atom stereocenters. The quantitative estimate of drug-likeness (QED) is 0.811. The number of aliphatic hydroxyl groups is 1. The van der Waals surface area contributed by atoms with E-state index < -0.39 is 5.60 Å². The van der Waals surface area contributed by atoms with Crippen LogP contribution < -0.4 is 5.32 Å². The monoisotopic (exact) mass is 307 g/mol. The van der Waals surface area contributed by atoms with Crippen LogP contribution in [0.3, 0.4) is 0 Å². The van der Waals surface area contributed by atoms with E-state index in [1.54, 1.807) is 13.0 Å². The van der Waals surface area contributed by atoms with Crippen LogP contribution in [0.5, 0.6) is 0 Å². The Labute approximate surface area is 139 Å². The number of nitrogens with one attached hydrogen (secondary N) is 1. The highest BCUT2D eigenvalue weighted by molar-refractivity contribution is 5.86. The van der Waals surface area contributed by atoms with Gasteiger partial charge in [0, 0.05) is 12.6 Å². The molecule has 2 nitrogen and oxygen atoms in total. The molecule has 0 saturated carbocycles. The van der Waals surface area contributed by atoms with Gasteiger partial charge in [-0.05, 0) is 42.7 Å². The first kappa shape index (κ1) is 17.3. The lowest BCUT2D eigenvalue weighted by Gasteiger charge is -2.15. The van der Waals surface area contributed by atoms with Gasteiger partial charge in [0.15, 0.2) is 0 Å². The molecule has 0 aromatic heterocycles. The van der Waals surface area contributed by atoms with E-state index in [1.807, 2.05) is 13.0 Å². The number of fused-ring (bicyclic) bond motifs is 1. The van der Waals surface area contributed by atoms with Crippen LogP contribution in [0.25, 0.3) is 10.8 Å². The van der Waals surface area contributed by atoms with Gasteiger partial charge in [0.25, 0.3) is 0 Å². The molecule has 0 fully saturated rings. The lowest BCUT2D eigenvalue weighted by molar-refractivity contribution is 0.118. The van der Waals surface area contributed by atoms with Crippen molar-refractivity contribution in [3.8, 4) is 11.8 Å². The predicted octanol–water partition coefficient (Wildman–Crippen LogP) is 4.21. The van der Waals surface area contributed by atoms with Gasteiger partial charge in [0.05, 0.1) is 0 Å². The van der Waals surface area contributed by atoms with Crippen molar-refractivity contribution >= 4 is 10.8 Å². The van der Waals surface area contributed by atoms with Crippen molar-refractivity contribution in [2.75, 3.05) is 6.54 Å². The highest BCUT2D eigenvalue weighted by Crippen LogP contribution is 2.23. The SMILES string of the molecule is CCC(C)(O)C#C/C=C/CN[C@H](C)c1cccc2ccccc12. The molecule has 2 heteroatoms. The van der Waals surface area contributed by atoms with Crippen molar-refractivity contribution in [3.63, 3.8) is 0 Å². The highest BCUT2D eigenvalue weighted by atomic mass is 16.3. The molecule has 0 aliphatic carbocycles. The fourth-order valence-electron chi connectivity index (χ4n) is 2.39. The van der Waals surface area contributed by atoms with Gasteiger partial charge in [-0.3, -0.25) is 0 Å². The summed E-state index contributed by atoms with van der Waals surface area (Å²) in [4.78, 5) is 0. The molecule has 1 unspecified atom stereocenters. The molecular weight excluding hydrogens is 282 g/mol. The van der Waals surface area contributed by atoms with Crippen molar-refractivity contribution in [1.82, 2.24) is 5.32 Å². The summed E-state index contributed by atoms with van der Waals surface area (Å²) < 4.78 is 0. The van der Waals surface area contributed by atoms with Crippen LogP contribution in [-0.4, -0.2) is 17.3 Å². The normalized spacial score (nSPS) is 15.1. The second-order valence-corrected chi connectivity index (χ2v) is 6.00. The first-order valence-corrected chi connectivity index (χ1v) is 8.14. The molecule has 2 rings (SSSR count). The van der Waals surface area contributed by atoms with Crippen molar-refractivity contribution in [1.29, 1.82) is 0 Å². The zero-order chi connectivity index (χ0) is 16.7. The van der Waals surface area contributed by atoms with Crippen LogP contribution in [0.2, 0.25) is 0 Å². The molecule has 2 aromatic rings. The van der Waals surface area contributed by atoms with Crippen LogP contribution in [0, 0.1) is 11.8 Å². The Bertz CT molecular complexity index is 729. The van der Waals surface area contributed by atoms with Crippen LogP contribution >= 0.6 is 0 Å². The summed E-state index contributed by atoms with van der Waals surface area (Å²) in [5, 5.41) is 15.8. The largest absolute Gasteiger partial charge is 0.378 e. The van der Waals surface area contributed by atoms with E-state index in [0.29, 0.717) is 6.42 Å². The molecule has 2 N–H and O–H groups in total. The minimum Gasteiger partial charge on any atom is -0.378 e. The van der Waals surface area contributed by atoms with Gasteiger partial charge in [-0.1, -0.05) is 67.3 Å². The van der Waals surface area contributed by atoms with E-state index in [0.717, 1.165) is 6.54 Å². The number of hydrogen-bond donors (Lipinski definition) is 2. The predicted molar refractivity (Wildman–Crippen MR) is 98.2 cm³/mol. The minimum absolute atomic E-state index is 0.262. The van der Waals surface area contributed by atoms with E-state index in [4.69, 9.17) is 0 Å². The zero-order valence-corrected chi connectivity index (χ0v) is 14.1. The van der Waals surface area contributed by atoms with Gasteiger partial charge in [-0.15, -0.1) is 0 Å². The summed E-state index contributed by atoms with van der Waals surface area (Å²) in [7, 11) is 0. The topological polar surface area (TPSA) is 32.3 Å². The summed E-state index contributed by atoms with van der Waals surface area (Å²) in [6.07, 6.45) is 4.41. The van der Waals surface area contributed by atoms with E-state index in [9.17, 15) is 5.11 Å². The number of hydrogen-bond acceptors (Lipinski definition) is 2. The van der Waals surface area contributed by atoms with Crippen LogP contribution in [0.15, 0.2) is 54.6 Å². The second-order valence-electron chi connectivity index (χ2n) is 6.00. The molecule has 0 aliphatic heterocycles. The Morgan fingerprint density at radius 1 is 1.22 bits per heavy atom. The van der Waals surface area contributed by atoms with E-state index in [1.165, 1.54) is 16.3 Å². The standard InChI is InChI=1S/C21H25NO/c1-4-21(3,23)15-8-5-9-16-22-17(2)19-14-10-12-18-11-6-7-13-20(18)19/h5-7,9-14,17,22-23H,4,16H2,1-3H3/b9-5+/t17-,21?/m1/s1. The fourth-order valence-corrected chi connectivity index (χ4v) is 2.39. The lowest BCUT2D eigenvalue weighted by atomic mass is 10.00. The third-order valence-electron chi connectivity index (χ3n) is 4.06. The van der Waals surface area contributed by atoms with Crippen molar-refractivity contribution in [2.45, 2.75) is 38.8 Å². The van der Waals surface area contributed by atoms with Gasteiger partial charge >= 0.3 is 0 Å². The van der Waals surface area contributed by atoms with Gasteiger partial charge in [0.2, 0.25) is 0 Å². The van der Waals surface area contributed by atoms with E-state index in [-0.39, 0.29) is 6.04 Å². The average Bonchev–Trinajstić information content (AvgIpc) is 2.57. The number of rotatable bonds is 5. The van der Waals surface area contributed by atoms with Gasteiger partial charge < -0.3 is 10.4 Å². The minimum atomic E-state index is -0.895. The fraction of sp³-hybridized carbons (Fsp3) is 0.333. The smallest absolute Gasteiger partial charge is 0.122 e. The third kappa shape index (κ3) is 4.96. The Morgan fingerprint density at radius 2 is 1.96 bits per heavy atom. The van der Waals surface area contributed by atoms with Crippen molar-refractivity contribution in [3.05, 3.63) is 60.2 Å². The van der Waals surface area contributed by atoms with Crippen LogP contribution in [0.4, 0.5) is 0 Å². The Hall–Kier alpha value is -2.08. The number of allylic oxidation sites excluding steroid dienone is 1. The van der Waals surface area contributed by atoms with Crippen molar-refractivity contribution < 1.29 is 5.11 Å². The summed E-state index contributed by atoms with van der Waals surface area (Å²) in [5.41, 5.74) is 0.407. The maximum absolute atomic E-state index is 9.79. The summed E-state index contributed by atoms with van der Waals surface area (Å²) in [6, 6.07) is 15.1. The third-order valence-corrected chi connectivity index (χ3v) is 4.06. The molecule has 0 spiro atoms. The summed E-state index contributed by atoms with van der Waals surface area (Å²) in [6.45, 7) is 6.57. The van der Waals surface area contributed by atoms with Gasteiger partial charge in [-0.25, -0.2) is 0 Å². The molecule has 0 aliphatic rings. The lowest BCUT2D eigenvalue weighted by Crippen LogP contribution is -2.19. The molecule has 0 bridgehead atoms. The van der Waals surface area contributed by atoms with Gasteiger partial charge in [0.1, 0.15) is 5.60 Å². The maximum Gasteiger partial charge on any atom is 0.122 e. The molecule has 0 amide bonds. The summed E-state index contributed by atoms with van der Waals surface area (Å²) in [5.74, 6) is 5.74. The van der Waals surface area contributed by atoms with Crippen molar-refractivity contribution in [2.24, 2.45) is 0 Å². The maximum atomic E-state index is 9.79. The Kier molecular flexibility index (Phi) is 5.98. The number of benzene rings is 2. The zero-order valence-electron chi connectivity index (χ0n) is 14.1. The summed E-state index contributed by atoms with van der Waals surface area (Å²) >= 11 is 0. The van der Waals surface area contributed by atoms with Crippen LogP contribution in [0.1, 0.15) is 38.8 Å². The average molecular weight is 307 g/mol. The molecule has 0 heterocycles. The molecular formula is C21H25NO. The molecule has 0 radical (unpaired) electrons. The molecule has 120 valence electrons. The Balaban J connectivity index is 1.96. The van der Waals surface area contributed by atoms with E-state index >= 15 is 0 Å². The van der Waals surface area contributed by atoms with Gasteiger partial charge in [-0.2, -0.15) is 0 Å². The molecule has 0 saturated heterocycles. The van der Waals surface area contributed by atoms with Crippen LogP contribution in [-0.2, 0) is 0 Å². The Morgan fingerprint density at radius 3 is 2.74 bits per heavy atom. The van der Waals surface area contributed by atoms with E-state index in [2.05, 4.69) is 66.5 Å². The highest BCUT2D eigenvalue weighted by Gasteiger charge is 2.11. The molecule has 2 aromatic carbocycles. The molecule has 23 heavy (non-hydrogen) atoms. The first-order chi connectivity index (χ1) is 11.0. The first-order valence-electron chi connectivity index (χ1n) is 8.14. The second kappa shape index (κ2) is 7.97.